The normalized spacial score (nSPS) is 15.5. The van der Waals surface area contributed by atoms with Crippen molar-refractivity contribution >= 4 is 6.21 Å². The van der Waals surface area contributed by atoms with E-state index in [4.69, 9.17) is 0 Å². The zero-order valence-corrected chi connectivity index (χ0v) is 24.5. The van der Waals surface area contributed by atoms with Crippen molar-refractivity contribution in [1.82, 2.24) is 15.1 Å². The van der Waals surface area contributed by atoms with Crippen LogP contribution in [0.1, 0.15) is 44.5 Å². The number of hydrogen-bond donors (Lipinski definition) is 1. The van der Waals surface area contributed by atoms with E-state index in [1.165, 1.54) is 44.5 Å². The third kappa shape index (κ3) is 7.76. The van der Waals surface area contributed by atoms with Crippen molar-refractivity contribution in [1.29, 1.82) is 0 Å². The van der Waals surface area contributed by atoms with Crippen LogP contribution in [0.15, 0.2) is 97.1 Å². The van der Waals surface area contributed by atoms with Crippen LogP contribution in [0.25, 0.3) is 0 Å². The summed E-state index contributed by atoms with van der Waals surface area (Å²) in [5.41, 5.74) is 10.5. The first-order chi connectivity index (χ1) is 19.4. The third-order valence-corrected chi connectivity index (χ3v) is 7.74. The molecule has 4 heteroatoms. The van der Waals surface area contributed by atoms with Gasteiger partial charge in [-0.25, -0.2) is 9.48 Å². The van der Waals surface area contributed by atoms with E-state index in [0.717, 1.165) is 39.5 Å². The van der Waals surface area contributed by atoms with E-state index in [9.17, 15) is 0 Å². The molecule has 1 heterocycles. The van der Waals surface area contributed by atoms with Crippen LogP contribution >= 0.6 is 0 Å². The van der Waals surface area contributed by atoms with E-state index in [-0.39, 0.29) is 6.17 Å². The molecule has 4 aromatic rings. The Kier molecular flexibility index (Phi) is 9.22. The van der Waals surface area contributed by atoms with Gasteiger partial charge in [0.1, 0.15) is 6.17 Å². The summed E-state index contributed by atoms with van der Waals surface area (Å²) < 4.78 is 2.48. The van der Waals surface area contributed by atoms with Crippen molar-refractivity contribution in [3.05, 3.63) is 142 Å². The zero-order chi connectivity index (χ0) is 27.9. The minimum atomic E-state index is 0.179. The fourth-order valence-electron chi connectivity index (χ4n) is 5.30. The Morgan fingerprint density at radius 3 is 1.68 bits per heavy atom. The van der Waals surface area contributed by atoms with Gasteiger partial charge in [0.25, 0.3) is 0 Å². The van der Waals surface area contributed by atoms with E-state index in [1.807, 2.05) is 0 Å². The molecule has 0 bridgehead atoms. The quantitative estimate of drug-likeness (QED) is 0.175. The van der Waals surface area contributed by atoms with Gasteiger partial charge in [0.05, 0.1) is 6.67 Å². The highest BCUT2D eigenvalue weighted by atomic mass is 15.5. The molecule has 0 fully saturated rings. The second kappa shape index (κ2) is 13.2. The molecule has 0 amide bonds. The van der Waals surface area contributed by atoms with Crippen molar-refractivity contribution in [3.63, 3.8) is 0 Å². The number of benzene rings is 4. The maximum Gasteiger partial charge on any atom is 0.201 e. The minimum absolute atomic E-state index is 0.179. The summed E-state index contributed by atoms with van der Waals surface area (Å²) in [6.45, 7) is 13.8. The average molecular weight is 532 g/mol. The molecule has 1 unspecified atom stereocenters. The number of nitrogens with zero attached hydrogens (tertiary/aromatic N) is 3. The largest absolute Gasteiger partial charge is 0.300 e. The van der Waals surface area contributed by atoms with Gasteiger partial charge in [-0.2, -0.15) is 0 Å². The molecular weight excluding hydrogens is 488 g/mol. The summed E-state index contributed by atoms with van der Waals surface area (Å²) in [6, 6.07) is 35.8. The molecule has 0 aromatic heterocycles. The van der Waals surface area contributed by atoms with Gasteiger partial charge in [-0.3, -0.25) is 4.90 Å². The first kappa shape index (κ1) is 28.0. The lowest BCUT2D eigenvalue weighted by atomic mass is 10.1. The van der Waals surface area contributed by atoms with Crippen molar-refractivity contribution in [3.8, 4) is 0 Å². The maximum atomic E-state index is 3.75. The second-order valence-electron chi connectivity index (χ2n) is 11.5. The topological polar surface area (TPSA) is 21.5 Å². The fraction of sp³-hybridized carbons (Fsp3) is 0.306. The number of nitrogens with one attached hydrogen (secondary N) is 1. The van der Waals surface area contributed by atoms with Gasteiger partial charge in [0.2, 0.25) is 6.67 Å². The molecule has 0 radical (unpaired) electrons. The Morgan fingerprint density at radius 1 is 0.650 bits per heavy atom. The predicted molar refractivity (Wildman–Crippen MR) is 166 cm³/mol. The summed E-state index contributed by atoms with van der Waals surface area (Å²) in [5.74, 6) is 0. The van der Waals surface area contributed by atoms with Crippen LogP contribution in [0, 0.1) is 27.7 Å². The summed E-state index contributed by atoms with van der Waals surface area (Å²) in [7, 11) is 0. The number of aryl methyl sites for hydroxylation is 4. The number of rotatable bonds is 11. The minimum Gasteiger partial charge on any atom is -0.300 e. The van der Waals surface area contributed by atoms with Gasteiger partial charge in [-0.05, 0) is 44.4 Å². The van der Waals surface area contributed by atoms with Crippen molar-refractivity contribution in [2.45, 2.75) is 60.0 Å². The zero-order valence-electron chi connectivity index (χ0n) is 24.5. The van der Waals surface area contributed by atoms with E-state index >= 15 is 0 Å². The molecule has 1 N–H and O–H groups in total. The molecule has 4 aromatic carbocycles. The molecule has 40 heavy (non-hydrogen) atoms. The molecule has 0 spiro atoms. The van der Waals surface area contributed by atoms with E-state index in [2.05, 4.69) is 151 Å². The van der Waals surface area contributed by atoms with Crippen LogP contribution in [0.3, 0.4) is 0 Å². The van der Waals surface area contributed by atoms with Crippen LogP contribution < -0.4 is 5.32 Å². The Balaban J connectivity index is 1.39. The van der Waals surface area contributed by atoms with Crippen molar-refractivity contribution in [2.75, 3.05) is 13.3 Å². The van der Waals surface area contributed by atoms with Crippen molar-refractivity contribution < 1.29 is 4.58 Å². The first-order valence-electron chi connectivity index (χ1n) is 14.4. The van der Waals surface area contributed by atoms with Crippen LogP contribution in [-0.4, -0.2) is 40.1 Å². The van der Waals surface area contributed by atoms with Crippen molar-refractivity contribution in [2.24, 2.45) is 0 Å². The Labute approximate surface area is 240 Å². The van der Waals surface area contributed by atoms with Gasteiger partial charge in [0.15, 0.2) is 12.8 Å². The second-order valence-corrected chi connectivity index (χ2v) is 11.5. The monoisotopic (exact) mass is 531 g/mol. The van der Waals surface area contributed by atoms with Crippen LogP contribution in [0.5, 0.6) is 0 Å². The predicted octanol–water partition coefficient (Wildman–Crippen LogP) is 6.55. The molecule has 1 atom stereocenters. The molecule has 206 valence electrons. The molecule has 0 aliphatic carbocycles. The van der Waals surface area contributed by atoms with Gasteiger partial charge < -0.3 is 5.32 Å². The Hall–Kier alpha value is -3.57. The lowest BCUT2D eigenvalue weighted by Crippen LogP contribution is -2.49. The lowest BCUT2D eigenvalue weighted by molar-refractivity contribution is -0.548. The van der Waals surface area contributed by atoms with Gasteiger partial charge in [0, 0.05) is 25.2 Å². The lowest BCUT2D eigenvalue weighted by Gasteiger charge is -2.31. The fourth-order valence-corrected chi connectivity index (χ4v) is 5.30. The molecular formula is C36H43N4+. The first-order valence-corrected chi connectivity index (χ1v) is 14.4. The van der Waals surface area contributed by atoms with E-state index < -0.39 is 0 Å². The maximum absolute atomic E-state index is 3.75. The summed E-state index contributed by atoms with van der Waals surface area (Å²) in [4.78, 5) is 5.17. The molecule has 5 rings (SSSR count). The molecule has 0 saturated carbocycles. The third-order valence-electron chi connectivity index (χ3n) is 7.74. The average Bonchev–Trinajstić information content (AvgIpc) is 3.34. The van der Waals surface area contributed by atoms with Crippen LogP contribution in [0.2, 0.25) is 0 Å². The molecule has 0 saturated heterocycles. The Bertz CT molecular complexity index is 1390. The SMILES string of the molecule is Cc1ccc(CNCN(Cc2ccc(C)cc2)C2C=[N+](Cc3ccc(C)cc3)CN2Cc2ccc(C)cc2)cc1. The molecule has 1 aliphatic rings. The van der Waals surface area contributed by atoms with Crippen LogP contribution in [-0.2, 0) is 26.2 Å². The molecule has 1 aliphatic heterocycles. The van der Waals surface area contributed by atoms with Gasteiger partial charge in [-0.15, -0.1) is 0 Å². The standard InChI is InChI=1S/C36H43N4/c1-28-5-13-32(14-6-28)21-37-26-39(23-34-17-9-30(3)10-18-34)36-25-38(22-33-15-7-29(2)8-16-33)27-40(36)24-35-19-11-31(4)12-20-35/h5-20,25,36-37H,21-24,26-27H2,1-4H3/q+1. The van der Waals surface area contributed by atoms with Gasteiger partial charge in [-0.1, -0.05) is 119 Å². The summed E-state index contributed by atoms with van der Waals surface area (Å²) in [5, 5.41) is 3.75. The highest BCUT2D eigenvalue weighted by molar-refractivity contribution is 5.60. The van der Waals surface area contributed by atoms with E-state index in [1.54, 1.807) is 0 Å². The highest BCUT2D eigenvalue weighted by Crippen LogP contribution is 2.19. The highest BCUT2D eigenvalue weighted by Gasteiger charge is 2.35. The smallest absolute Gasteiger partial charge is 0.201 e. The van der Waals surface area contributed by atoms with Gasteiger partial charge >= 0.3 is 0 Å². The summed E-state index contributed by atoms with van der Waals surface area (Å²) in [6.07, 6.45) is 2.62. The number of hydrogen-bond acceptors (Lipinski definition) is 3. The van der Waals surface area contributed by atoms with E-state index in [0.29, 0.717) is 0 Å². The Morgan fingerprint density at radius 2 is 1.12 bits per heavy atom. The van der Waals surface area contributed by atoms with Crippen LogP contribution in [0.4, 0.5) is 0 Å². The molecule has 4 nitrogen and oxygen atoms in total. The summed E-state index contributed by atoms with van der Waals surface area (Å²) >= 11 is 0.